The van der Waals surface area contributed by atoms with Crippen molar-refractivity contribution in [1.82, 2.24) is 20.1 Å². The van der Waals surface area contributed by atoms with E-state index in [2.05, 4.69) is 15.2 Å². The normalized spacial score (nSPS) is 20.3. The van der Waals surface area contributed by atoms with E-state index < -0.39 is 23.8 Å². The largest absolute Gasteiger partial charge is 0.466 e. The summed E-state index contributed by atoms with van der Waals surface area (Å²) < 4.78 is 23.9. The molecule has 14 heteroatoms. The van der Waals surface area contributed by atoms with E-state index in [0.717, 1.165) is 0 Å². The summed E-state index contributed by atoms with van der Waals surface area (Å²) in [5, 5.41) is 5.89. The highest BCUT2D eigenvalue weighted by atomic mass is 35.5. The Morgan fingerprint density at radius 2 is 1.86 bits per heavy atom. The third-order valence-electron chi connectivity index (χ3n) is 7.84. The third kappa shape index (κ3) is 5.65. The molecule has 1 aromatic heterocycles. The van der Waals surface area contributed by atoms with Crippen LogP contribution in [0.4, 0.5) is 14.9 Å². The number of esters is 2. The van der Waals surface area contributed by atoms with Crippen LogP contribution in [0.25, 0.3) is 0 Å². The molecule has 0 unspecified atom stereocenters. The predicted molar refractivity (Wildman–Crippen MR) is 162 cm³/mol. The average Bonchev–Trinajstić information content (AvgIpc) is 3.68. The fourth-order valence-corrected chi connectivity index (χ4v) is 6.58. The second-order valence-electron chi connectivity index (χ2n) is 10.4. The summed E-state index contributed by atoms with van der Waals surface area (Å²) in [5.41, 5.74) is 2.38. The summed E-state index contributed by atoms with van der Waals surface area (Å²) in [6, 6.07) is 9.68. The van der Waals surface area contributed by atoms with E-state index in [1.807, 2.05) is 10.3 Å². The molecule has 0 spiro atoms. The number of methoxy groups -OCH3 is 2. The van der Waals surface area contributed by atoms with Crippen LogP contribution in [0.15, 0.2) is 70.3 Å². The minimum Gasteiger partial charge on any atom is -0.466 e. The molecule has 2 saturated heterocycles. The lowest BCUT2D eigenvalue weighted by Crippen LogP contribution is -2.53. The number of thiazole rings is 1. The van der Waals surface area contributed by atoms with Crippen molar-refractivity contribution >= 4 is 52.4 Å². The molecule has 4 heterocycles. The Labute approximate surface area is 261 Å². The molecule has 1 N–H and O–H groups in total. The van der Waals surface area contributed by atoms with E-state index >= 15 is 0 Å². The van der Waals surface area contributed by atoms with Crippen LogP contribution in [0.2, 0.25) is 5.02 Å². The number of halogens is 2. The molecule has 3 aliphatic rings. The maximum absolute atomic E-state index is 14.0. The van der Waals surface area contributed by atoms with Gasteiger partial charge in [-0.2, -0.15) is 0 Å². The van der Waals surface area contributed by atoms with Crippen molar-refractivity contribution in [3.05, 3.63) is 92.3 Å². The average molecular weight is 639 g/mol. The molecule has 2 aromatic carbocycles. The predicted octanol–water partition coefficient (Wildman–Crippen LogP) is 3.87. The molecule has 3 aromatic rings. The maximum atomic E-state index is 14.0. The van der Waals surface area contributed by atoms with Gasteiger partial charge in [0.15, 0.2) is 10.8 Å². The van der Waals surface area contributed by atoms with Gasteiger partial charge >= 0.3 is 18.0 Å². The first-order valence-corrected chi connectivity index (χ1v) is 15.0. The van der Waals surface area contributed by atoms with Gasteiger partial charge in [-0.15, -0.1) is 11.3 Å². The molecule has 2 fully saturated rings. The minimum absolute atomic E-state index is 0.100. The number of carbonyl (C=O) groups excluding carboxylic acids is 3. The Morgan fingerprint density at radius 1 is 1.09 bits per heavy atom. The van der Waals surface area contributed by atoms with Crippen molar-refractivity contribution < 1.29 is 28.2 Å². The minimum atomic E-state index is -0.858. The first-order valence-electron chi connectivity index (χ1n) is 13.8. The highest BCUT2D eigenvalue weighted by Gasteiger charge is 2.42. The molecule has 44 heavy (non-hydrogen) atoms. The van der Waals surface area contributed by atoms with Crippen molar-refractivity contribution in [1.29, 1.82) is 0 Å². The molecule has 3 aliphatic heterocycles. The summed E-state index contributed by atoms with van der Waals surface area (Å²) in [4.78, 5) is 53.3. The Balaban J connectivity index is 1.27. The first-order chi connectivity index (χ1) is 21.3. The van der Waals surface area contributed by atoms with E-state index in [1.54, 1.807) is 35.4 Å². The number of ether oxygens (including phenoxy) is 2. The number of amides is 2. The van der Waals surface area contributed by atoms with Gasteiger partial charge in [0.25, 0.3) is 0 Å². The molecule has 0 bridgehead atoms. The van der Waals surface area contributed by atoms with Crippen molar-refractivity contribution in [2.24, 2.45) is 4.99 Å². The second kappa shape index (κ2) is 12.3. The number of nitrogens with zero attached hydrogens (tertiary/aromatic N) is 5. The number of benzene rings is 2. The van der Waals surface area contributed by atoms with Gasteiger partial charge in [-0.3, -0.25) is 14.8 Å². The monoisotopic (exact) mass is 638 g/mol. The number of rotatable bonds is 7. The zero-order valence-corrected chi connectivity index (χ0v) is 25.4. The standard InChI is InChI=1S/C30H28ClFN6O5S/c1-42-28(39)17-3-6-19(7-4-17)38-15-20-14-36(10-11-37(20)30(38)41)16-23-24(29(40)43-2)25(21-8-5-18(32)13-22(21)31)35-26(34-23)27-33-9-12-44-27/h3-9,12-13,20,25H,10-11,14-16H2,1-2H3,(H,34,35)/t20-,25-/m0/s1. The van der Waals surface area contributed by atoms with Gasteiger partial charge in [0.1, 0.15) is 11.9 Å². The van der Waals surface area contributed by atoms with Crippen molar-refractivity contribution in [3.8, 4) is 0 Å². The number of urea groups is 1. The van der Waals surface area contributed by atoms with Crippen molar-refractivity contribution in [3.63, 3.8) is 0 Å². The quantitative estimate of drug-likeness (QED) is 0.388. The fourth-order valence-electron chi connectivity index (χ4n) is 5.72. The molecular weight excluding hydrogens is 611 g/mol. The molecule has 0 saturated carbocycles. The number of anilines is 1. The summed E-state index contributed by atoms with van der Waals surface area (Å²) in [5.74, 6) is -1.07. The van der Waals surface area contributed by atoms with E-state index in [-0.39, 0.29) is 22.7 Å². The Kier molecular flexibility index (Phi) is 8.34. The van der Waals surface area contributed by atoms with Crippen LogP contribution >= 0.6 is 22.9 Å². The number of fused-ring (bicyclic) bond motifs is 1. The third-order valence-corrected chi connectivity index (χ3v) is 8.95. The van der Waals surface area contributed by atoms with Gasteiger partial charge in [0.05, 0.1) is 31.4 Å². The van der Waals surface area contributed by atoms with Crippen LogP contribution in [-0.2, 0) is 14.3 Å². The molecule has 0 aliphatic carbocycles. The lowest BCUT2D eigenvalue weighted by atomic mass is 9.95. The van der Waals surface area contributed by atoms with Gasteiger partial charge in [-0.1, -0.05) is 17.7 Å². The van der Waals surface area contributed by atoms with Crippen molar-refractivity contribution in [2.45, 2.75) is 12.1 Å². The Bertz CT molecular complexity index is 1660. The Morgan fingerprint density at radius 3 is 2.55 bits per heavy atom. The zero-order valence-electron chi connectivity index (χ0n) is 23.8. The highest BCUT2D eigenvalue weighted by molar-refractivity contribution is 7.11. The molecule has 228 valence electrons. The van der Waals surface area contributed by atoms with Crippen LogP contribution < -0.4 is 10.2 Å². The van der Waals surface area contributed by atoms with Crippen LogP contribution in [-0.4, -0.2) is 91.6 Å². The van der Waals surface area contributed by atoms with Crippen LogP contribution in [0.3, 0.4) is 0 Å². The number of hydrogen-bond acceptors (Lipinski definition) is 10. The SMILES string of the molecule is COC(=O)C1=C(CN2CCN3C(=O)N(c4ccc(C(=O)OC)cc4)C[C@@H]3C2)NC(c2nccs2)=N[C@H]1c1ccc(F)cc1Cl. The number of nitrogens with one attached hydrogen (secondary N) is 1. The van der Waals surface area contributed by atoms with Crippen LogP contribution in [0, 0.1) is 5.82 Å². The van der Waals surface area contributed by atoms with E-state index in [0.29, 0.717) is 66.1 Å². The summed E-state index contributed by atoms with van der Waals surface area (Å²) in [6.07, 6.45) is 1.66. The first kappa shape index (κ1) is 29.7. The number of piperazine rings is 1. The van der Waals surface area contributed by atoms with Gasteiger partial charge in [0.2, 0.25) is 0 Å². The fraction of sp³-hybridized carbons (Fsp3) is 0.300. The van der Waals surface area contributed by atoms with Gasteiger partial charge in [-0.05, 0) is 36.4 Å². The molecule has 6 rings (SSSR count). The number of carbonyl (C=O) groups is 3. The van der Waals surface area contributed by atoms with Crippen LogP contribution in [0.1, 0.15) is 27.0 Å². The number of amidine groups is 1. The summed E-state index contributed by atoms with van der Waals surface area (Å²) in [7, 11) is 2.62. The highest BCUT2D eigenvalue weighted by Crippen LogP contribution is 2.37. The number of aromatic nitrogens is 1. The zero-order chi connectivity index (χ0) is 31.0. The van der Waals surface area contributed by atoms with Crippen LogP contribution in [0.5, 0.6) is 0 Å². The van der Waals surface area contributed by atoms with E-state index in [1.165, 1.54) is 43.8 Å². The number of hydrogen-bond donors (Lipinski definition) is 1. The smallest absolute Gasteiger partial charge is 0.338 e. The molecule has 2 atom stereocenters. The topological polar surface area (TPSA) is 117 Å². The lowest BCUT2D eigenvalue weighted by molar-refractivity contribution is -0.136. The lowest BCUT2D eigenvalue weighted by Gasteiger charge is -2.38. The Hall–Kier alpha value is -4.33. The molecule has 2 amide bonds. The summed E-state index contributed by atoms with van der Waals surface area (Å²) in [6.45, 7) is 2.39. The van der Waals surface area contributed by atoms with Gasteiger partial charge in [0, 0.05) is 66.3 Å². The summed E-state index contributed by atoms with van der Waals surface area (Å²) >= 11 is 7.85. The number of aliphatic imine (C=N–C) groups is 1. The molecule has 11 nitrogen and oxygen atoms in total. The van der Waals surface area contributed by atoms with E-state index in [9.17, 15) is 18.8 Å². The molecular formula is C30H28ClFN6O5S. The second-order valence-corrected chi connectivity index (χ2v) is 11.7. The van der Waals surface area contributed by atoms with E-state index in [4.69, 9.17) is 26.1 Å². The van der Waals surface area contributed by atoms with Gasteiger partial charge < -0.3 is 19.7 Å². The molecule has 0 radical (unpaired) electrons. The maximum Gasteiger partial charge on any atom is 0.338 e. The van der Waals surface area contributed by atoms with Crippen molar-refractivity contribution in [2.75, 3.05) is 51.8 Å². The van der Waals surface area contributed by atoms with Gasteiger partial charge in [-0.25, -0.2) is 23.8 Å².